The highest BCUT2D eigenvalue weighted by Gasteiger charge is 2.39. The van der Waals surface area contributed by atoms with Crippen LogP contribution in [0.1, 0.15) is 38.5 Å². The number of ether oxygens (including phenoxy) is 2. The number of fused-ring (bicyclic) bond motifs is 3. The maximum Gasteiger partial charge on any atom is 0.222 e. The lowest BCUT2D eigenvalue weighted by atomic mass is 9.64. The Kier molecular flexibility index (Phi) is 5.40. The number of likely N-dealkylation sites (tertiary alicyclic amines) is 1. The Morgan fingerprint density at radius 2 is 1.55 bits per heavy atom. The molecule has 2 bridgehead atoms. The number of carbonyl (C=O) groups is 1. The molecule has 1 heterocycles. The van der Waals surface area contributed by atoms with Crippen LogP contribution in [0, 0.1) is 29.6 Å². The van der Waals surface area contributed by atoms with Crippen molar-refractivity contribution in [2.24, 2.45) is 29.6 Å². The Morgan fingerprint density at radius 3 is 2.00 bits per heavy atom. The first kappa shape index (κ1) is 16.3. The molecule has 0 aromatic carbocycles. The van der Waals surface area contributed by atoms with Gasteiger partial charge in [-0.25, -0.2) is 0 Å². The summed E-state index contributed by atoms with van der Waals surface area (Å²) in [6, 6.07) is 0. The van der Waals surface area contributed by atoms with Crippen molar-refractivity contribution in [3.63, 3.8) is 0 Å². The molecule has 4 aliphatic rings. The molecule has 0 aromatic heterocycles. The molecule has 4 fully saturated rings. The number of methoxy groups -OCH3 is 2. The summed E-state index contributed by atoms with van der Waals surface area (Å²) < 4.78 is 10.7. The van der Waals surface area contributed by atoms with Gasteiger partial charge in [-0.15, -0.1) is 0 Å². The molecule has 3 aliphatic carbocycles. The molecule has 1 aliphatic heterocycles. The van der Waals surface area contributed by atoms with Gasteiger partial charge in [0, 0.05) is 45.6 Å². The first-order valence-corrected chi connectivity index (χ1v) is 8.96. The highest BCUT2D eigenvalue weighted by molar-refractivity contribution is 5.76. The summed E-state index contributed by atoms with van der Waals surface area (Å²) >= 11 is 0. The summed E-state index contributed by atoms with van der Waals surface area (Å²) in [5, 5.41) is 0. The standard InChI is InChI=1S/C18H31NO3/c1-21-11-16-9-19(10-17(16)12-22-2)18(20)8-15-7-13-3-5-14(15)6-4-13/h13-17H,3-12H2,1-2H3/t13?,14?,15?,16-,17+. The Hall–Kier alpha value is -0.610. The molecule has 3 saturated carbocycles. The third-order valence-corrected chi connectivity index (χ3v) is 6.32. The number of rotatable bonds is 6. The van der Waals surface area contributed by atoms with E-state index in [0.717, 1.165) is 44.6 Å². The van der Waals surface area contributed by atoms with Crippen molar-refractivity contribution in [3.8, 4) is 0 Å². The molecule has 22 heavy (non-hydrogen) atoms. The summed E-state index contributed by atoms with van der Waals surface area (Å²) in [7, 11) is 3.49. The van der Waals surface area contributed by atoms with E-state index in [2.05, 4.69) is 4.90 Å². The van der Waals surface area contributed by atoms with Gasteiger partial charge in [0.2, 0.25) is 5.91 Å². The maximum absolute atomic E-state index is 12.7. The fourth-order valence-corrected chi connectivity index (χ4v) is 5.07. The Bertz CT molecular complexity index is 365. The molecule has 0 aromatic rings. The minimum atomic E-state index is 0.372. The monoisotopic (exact) mass is 309 g/mol. The van der Waals surface area contributed by atoms with Crippen LogP contribution in [-0.2, 0) is 14.3 Å². The quantitative estimate of drug-likeness (QED) is 0.757. The second-order valence-corrected chi connectivity index (χ2v) is 7.71. The van der Waals surface area contributed by atoms with Gasteiger partial charge in [-0.1, -0.05) is 12.8 Å². The lowest BCUT2D eigenvalue weighted by Gasteiger charge is -2.42. The lowest BCUT2D eigenvalue weighted by molar-refractivity contribution is -0.132. The maximum atomic E-state index is 12.7. The van der Waals surface area contributed by atoms with Crippen molar-refractivity contribution in [2.45, 2.75) is 38.5 Å². The number of hydrogen-bond donors (Lipinski definition) is 0. The molecule has 4 rings (SSSR count). The molecule has 4 nitrogen and oxygen atoms in total. The van der Waals surface area contributed by atoms with Gasteiger partial charge in [-0.3, -0.25) is 4.79 Å². The van der Waals surface area contributed by atoms with E-state index in [4.69, 9.17) is 9.47 Å². The van der Waals surface area contributed by atoms with Crippen LogP contribution >= 0.6 is 0 Å². The molecular formula is C18H31NO3. The minimum absolute atomic E-state index is 0.372. The second-order valence-electron chi connectivity index (χ2n) is 7.71. The molecule has 1 unspecified atom stereocenters. The fraction of sp³-hybridized carbons (Fsp3) is 0.944. The largest absolute Gasteiger partial charge is 0.384 e. The Labute approximate surface area is 134 Å². The summed E-state index contributed by atoms with van der Waals surface area (Å²) in [5.41, 5.74) is 0. The van der Waals surface area contributed by atoms with Gasteiger partial charge in [0.25, 0.3) is 0 Å². The lowest BCUT2D eigenvalue weighted by Crippen LogP contribution is -2.37. The Balaban J connectivity index is 1.54. The molecule has 0 N–H and O–H groups in total. The average Bonchev–Trinajstić information content (AvgIpc) is 2.92. The minimum Gasteiger partial charge on any atom is -0.384 e. The smallest absolute Gasteiger partial charge is 0.222 e. The van der Waals surface area contributed by atoms with E-state index in [1.54, 1.807) is 14.2 Å². The van der Waals surface area contributed by atoms with Gasteiger partial charge in [0.05, 0.1) is 13.2 Å². The first-order valence-electron chi connectivity index (χ1n) is 8.96. The van der Waals surface area contributed by atoms with Crippen LogP contribution in [0.25, 0.3) is 0 Å². The average molecular weight is 309 g/mol. The van der Waals surface area contributed by atoms with Crippen LogP contribution < -0.4 is 0 Å². The summed E-state index contributed by atoms with van der Waals surface area (Å²) in [4.78, 5) is 14.8. The van der Waals surface area contributed by atoms with E-state index >= 15 is 0 Å². The number of hydrogen-bond acceptors (Lipinski definition) is 3. The van der Waals surface area contributed by atoms with E-state index in [1.807, 2.05) is 0 Å². The van der Waals surface area contributed by atoms with Gasteiger partial charge in [0.15, 0.2) is 0 Å². The number of amides is 1. The van der Waals surface area contributed by atoms with Crippen LogP contribution in [0.4, 0.5) is 0 Å². The van der Waals surface area contributed by atoms with Crippen molar-refractivity contribution in [3.05, 3.63) is 0 Å². The first-order chi connectivity index (χ1) is 10.7. The van der Waals surface area contributed by atoms with Crippen molar-refractivity contribution in [1.29, 1.82) is 0 Å². The molecular weight excluding hydrogens is 278 g/mol. The van der Waals surface area contributed by atoms with Crippen molar-refractivity contribution < 1.29 is 14.3 Å². The third kappa shape index (κ3) is 3.48. The number of carbonyl (C=O) groups excluding carboxylic acids is 1. The fourth-order valence-electron chi connectivity index (χ4n) is 5.07. The summed E-state index contributed by atoms with van der Waals surface area (Å²) in [5.74, 6) is 3.61. The molecule has 3 atom stereocenters. The topological polar surface area (TPSA) is 38.8 Å². The molecule has 1 amide bonds. The van der Waals surface area contributed by atoms with E-state index in [-0.39, 0.29) is 0 Å². The molecule has 126 valence electrons. The molecule has 1 saturated heterocycles. The van der Waals surface area contributed by atoms with Gasteiger partial charge >= 0.3 is 0 Å². The van der Waals surface area contributed by atoms with Gasteiger partial charge in [0.1, 0.15) is 0 Å². The van der Waals surface area contributed by atoms with Gasteiger partial charge in [-0.2, -0.15) is 0 Å². The van der Waals surface area contributed by atoms with Gasteiger partial charge in [-0.05, 0) is 37.0 Å². The van der Waals surface area contributed by atoms with Crippen molar-refractivity contribution in [2.75, 3.05) is 40.5 Å². The van der Waals surface area contributed by atoms with Crippen LogP contribution in [0.2, 0.25) is 0 Å². The highest BCUT2D eigenvalue weighted by atomic mass is 16.5. The van der Waals surface area contributed by atoms with Crippen LogP contribution in [0.3, 0.4) is 0 Å². The van der Waals surface area contributed by atoms with Gasteiger partial charge < -0.3 is 14.4 Å². The normalized spacial score (nSPS) is 37.7. The predicted octanol–water partition coefficient (Wildman–Crippen LogP) is 2.57. The van der Waals surface area contributed by atoms with Crippen molar-refractivity contribution in [1.82, 2.24) is 4.90 Å². The van der Waals surface area contributed by atoms with E-state index in [0.29, 0.717) is 23.7 Å². The van der Waals surface area contributed by atoms with Crippen LogP contribution in [-0.4, -0.2) is 51.3 Å². The van der Waals surface area contributed by atoms with Crippen LogP contribution in [0.15, 0.2) is 0 Å². The SMILES string of the molecule is COC[C@@H]1CN(C(=O)CC2CC3CCC2CC3)C[C@@H]1COC. The van der Waals surface area contributed by atoms with Crippen LogP contribution in [0.5, 0.6) is 0 Å². The summed E-state index contributed by atoms with van der Waals surface area (Å²) in [6.45, 7) is 3.15. The number of nitrogens with zero attached hydrogens (tertiary/aromatic N) is 1. The van der Waals surface area contributed by atoms with Crippen molar-refractivity contribution >= 4 is 5.91 Å². The molecule has 0 radical (unpaired) electrons. The third-order valence-electron chi connectivity index (χ3n) is 6.32. The Morgan fingerprint density at radius 1 is 0.955 bits per heavy atom. The zero-order valence-electron chi connectivity index (χ0n) is 14.1. The van der Waals surface area contributed by atoms with E-state index < -0.39 is 0 Å². The van der Waals surface area contributed by atoms with E-state index in [9.17, 15) is 4.79 Å². The highest BCUT2D eigenvalue weighted by Crippen LogP contribution is 2.46. The zero-order chi connectivity index (χ0) is 15.5. The summed E-state index contributed by atoms with van der Waals surface area (Å²) in [6.07, 6.45) is 7.62. The second kappa shape index (κ2) is 7.31. The molecule has 0 spiro atoms. The zero-order valence-corrected chi connectivity index (χ0v) is 14.1. The van der Waals surface area contributed by atoms with E-state index in [1.165, 1.54) is 32.1 Å². The predicted molar refractivity (Wildman–Crippen MR) is 85.5 cm³/mol. The molecule has 4 heteroatoms.